The third kappa shape index (κ3) is 4.14. The molecule has 0 saturated carbocycles. The zero-order chi connectivity index (χ0) is 15.8. The van der Waals surface area contributed by atoms with Crippen molar-refractivity contribution in [2.45, 2.75) is 19.3 Å². The quantitative estimate of drug-likeness (QED) is 0.808. The summed E-state index contributed by atoms with van der Waals surface area (Å²) in [5.74, 6) is 0. The van der Waals surface area contributed by atoms with Crippen molar-refractivity contribution in [3.63, 3.8) is 0 Å². The van der Waals surface area contributed by atoms with Crippen molar-refractivity contribution in [1.82, 2.24) is 4.98 Å². The van der Waals surface area contributed by atoms with Crippen molar-refractivity contribution < 1.29 is 27.5 Å². The molecule has 4 nitrogen and oxygen atoms in total. The molecule has 0 unspecified atom stereocenters. The van der Waals surface area contributed by atoms with Crippen LogP contribution in [-0.4, -0.2) is 4.98 Å². The molecule has 2 rings (SSSR count). The Balaban J connectivity index is 2.31. The van der Waals surface area contributed by atoms with Crippen molar-refractivity contribution in [3.8, 4) is 10.6 Å². The predicted octanol–water partition coefficient (Wildman–Crippen LogP) is 2.55. The van der Waals surface area contributed by atoms with Crippen LogP contribution in [0.5, 0.6) is 0 Å². The van der Waals surface area contributed by atoms with E-state index in [9.17, 15) is 27.5 Å². The van der Waals surface area contributed by atoms with Crippen LogP contribution in [-0.2, 0) is 16.9 Å². The molecule has 0 saturated heterocycles. The minimum atomic E-state index is -4.70. The van der Waals surface area contributed by atoms with Gasteiger partial charge in [-0.15, -0.1) is 11.3 Å². The Morgan fingerprint density at radius 1 is 1.24 bits per heavy atom. The number of rotatable bonds is 3. The van der Waals surface area contributed by atoms with E-state index >= 15 is 0 Å². The van der Waals surface area contributed by atoms with E-state index in [2.05, 4.69) is 4.98 Å². The molecule has 0 spiro atoms. The molecule has 0 aliphatic rings. The molecule has 0 atom stereocenters. The average molecular weight is 335 g/mol. The minimum Gasteiger partial charge on any atom is -0.810 e. The van der Waals surface area contributed by atoms with Crippen LogP contribution in [0.25, 0.3) is 10.6 Å². The second-order valence-corrected chi connectivity index (χ2v) is 6.99. The van der Waals surface area contributed by atoms with Gasteiger partial charge in [0.1, 0.15) is 5.01 Å². The van der Waals surface area contributed by atoms with Gasteiger partial charge in [-0.25, -0.2) is 4.98 Å². The summed E-state index contributed by atoms with van der Waals surface area (Å²) in [7, 11) is -4.70. The largest absolute Gasteiger partial charge is 0.810 e. The number of aromatic nitrogens is 1. The molecule has 9 heteroatoms. The molecule has 0 amide bonds. The van der Waals surface area contributed by atoms with E-state index in [1.807, 2.05) is 0 Å². The summed E-state index contributed by atoms with van der Waals surface area (Å²) in [5.41, 5.74) is 0.0548. The molecule has 0 N–H and O–H groups in total. The number of benzene rings is 1. The number of alkyl halides is 3. The summed E-state index contributed by atoms with van der Waals surface area (Å²) < 4.78 is 48.2. The Hall–Kier alpha value is -1.21. The smallest absolute Gasteiger partial charge is 0.416 e. The fourth-order valence-corrected chi connectivity index (χ4v) is 3.85. The highest BCUT2D eigenvalue weighted by molar-refractivity contribution is 7.48. The number of aryl methyl sites for hydroxylation is 1. The van der Waals surface area contributed by atoms with Gasteiger partial charge in [-0.2, -0.15) is 13.2 Å². The monoisotopic (exact) mass is 335 g/mol. The molecule has 1 heterocycles. The summed E-state index contributed by atoms with van der Waals surface area (Å²) in [6.07, 6.45) is -5.06. The van der Waals surface area contributed by atoms with Crippen LogP contribution in [0.15, 0.2) is 24.3 Å². The van der Waals surface area contributed by atoms with Gasteiger partial charge in [-0.05, 0) is 19.1 Å². The molecule has 21 heavy (non-hydrogen) atoms. The average Bonchev–Trinajstić information content (AvgIpc) is 2.68. The Kier molecular flexibility index (Phi) is 4.26. The van der Waals surface area contributed by atoms with Crippen LogP contribution >= 0.6 is 18.9 Å². The summed E-state index contributed by atoms with van der Waals surface area (Å²) in [4.78, 5) is 26.0. The van der Waals surface area contributed by atoms with Crippen molar-refractivity contribution in [1.29, 1.82) is 0 Å². The fourth-order valence-electron chi connectivity index (χ4n) is 1.68. The van der Waals surface area contributed by atoms with E-state index in [1.54, 1.807) is 6.92 Å². The first-order valence-electron chi connectivity index (χ1n) is 5.71. The van der Waals surface area contributed by atoms with Gasteiger partial charge in [0.25, 0.3) is 0 Å². The SMILES string of the molecule is Cc1nc(-c2ccc(C(F)(F)F)cc2)sc1CP(=O)([O-])[O-]. The number of nitrogens with zero attached hydrogens (tertiary/aromatic N) is 1. The number of hydrogen-bond acceptors (Lipinski definition) is 5. The van der Waals surface area contributed by atoms with Gasteiger partial charge >= 0.3 is 6.18 Å². The first-order chi connectivity index (χ1) is 9.56. The lowest BCUT2D eigenvalue weighted by Crippen LogP contribution is -2.15. The van der Waals surface area contributed by atoms with Crippen molar-refractivity contribution >= 4 is 18.9 Å². The lowest BCUT2D eigenvalue weighted by molar-refractivity contribution is -0.314. The van der Waals surface area contributed by atoms with Crippen LogP contribution in [0.4, 0.5) is 13.2 Å². The maximum atomic E-state index is 12.5. The molecule has 1 aromatic heterocycles. The Labute approximate surface area is 122 Å². The summed E-state index contributed by atoms with van der Waals surface area (Å²) >= 11 is 0.988. The Bertz CT molecular complexity index is 691. The van der Waals surface area contributed by atoms with Gasteiger partial charge in [0.15, 0.2) is 0 Å². The van der Waals surface area contributed by atoms with E-state index in [-0.39, 0.29) is 0 Å². The van der Waals surface area contributed by atoms with Crippen molar-refractivity contribution in [2.24, 2.45) is 0 Å². The molecular weight excluding hydrogens is 326 g/mol. The zero-order valence-electron chi connectivity index (χ0n) is 10.7. The molecule has 0 fully saturated rings. The topological polar surface area (TPSA) is 76.1 Å². The predicted molar refractivity (Wildman–Crippen MR) is 68.6 cm³/mol. The first kappa shape index (κ1) is 16.2. The van der Waals surface area contributed by atoms with Gasteiger partial charge in [0.05, 0.1) is 11.3 Å². The van der Waals surface area contributed by atoms with E-state index < -0.39 is 25.5 Å². The van der Waals surface area contributed by atoms with Gasteiger partial charge in [0.2, 0.25) is 0 Å². The fraction of sp³-hybridized carbons (Fsp3) is 0.250. The third-order valence-corrected chi connectivity index (χ3v) is 4.81. The van der Waals surface area contributed by atoms with Crippen LogP contribution < -0.4 is 9.79 Å². The standard InChI is InChI=1S/C12H11F3NO3PS/c1-7-10(6-20(17,18)19)21-11(16-7)8-2-4-9(5-3-8)12(13,14)15/h2-5H,6H2,1H3,(H2,17,18,19)/p-2. The lowest BCUT2D eigenvalue weighted by Gasteiger charge is -2.28. The van der Waals surface area contributed by atoms with E-state index in [0.29, 0.717) is 21.1 Å². The van der Waals surface area contributed by atoms with Crippen LogP contribution in [0.1, 0.15) is 16.1 Å². The van der Waals surface area contributed by atoms with Gasteiger partial charge in [-0.3, -0.25) is 0 Å². The highest BCUT2D eigenvalue weighted by Crippen LogP contribution is 2.37. The normalized spacial score (nSPS) is 12.7. The highest BCUT2D eigenvalue weighted by atomic mass is 32.1. The number of hydrogen-bond donors (Lipinski definition) is 0. The van der Waals surface area contributed by atoms with Crippen LogP contribution in [0, 0.1) is 6.92 Å². The van der Waals surface area contributed by atoms with Crippen LogP contribution in [0.3, 0.4) is 0 Å². The van der Waals surface area contributed by atoms with E-state index in [1.165, 1.54) is 12.1 Å². The second-order valence-electron chi connectivity index (χ2n) is 4.37. The van der Waals surface area contributed by atoms with Crippen LogP contribution in [0.2, 0.25) is 0 Å². The van der Waals surface area contributed by atoms with Crippen molar-refractivity contribution in [2.75, 3.05) is 0 Å². The third-order valence-electron chi connectivity index (χ3n) is 2.69. The second kappa shape index (κ2) is 5.53. The maximum absolute atomic E-state index is 12.5. The lowest BCUT2D eigenvalue weighted by atomic mass is 10.1. The summed E-state index contributed by atoms with van der Waals surface area (Å²) in [6, 6.07) is 4.38. The van der Waals surface area contributed by atoms with Crippen molar-refractivity contribution in [3.05, 3.63) is 40.4 Å². The number of halogens is 3. The highest BCUT2D eigenvalue weighted by Gasteiger charge is 2.30. The Morgan fingerprint density at radius 2 is 1.81 bits per heavy atom. The van der Waals surface area contributed by atoms with E-state index in [4.69, 9.17) is 0 Å². The van der Waals surface area contributed by atoms with Gasteiger partial charge < -0.3 is 14.4 Å². The maximum Gasteiger partial charge on any atom is 0.416 e. The summed E-state index contributed by atoms with van der Waals surface area (Å²) in [6.45, 7) is 1.55. The Morgan fingerprint density at radius 3 is 2.29 bits per heavy atom. The molecule has 0 bridgehead atoms. The van der Waals surface area contributed by atoms with Gasteiger partial charge in [-0.1, -0.05) is 19.7 Å². The number of thiazole rings is 1. The zero-order valence-corrected chi connectivity index (χ0v) is 12.4. The van der Waals surface area contributed by atoms with E-state index in [0.717, 1.165) is 23.5 Å². The minimum absolute atomic E-state index is 0.304. The summed E-state index contributed by atoms with van der Waals surface area (Å²) in [5, 5.41) is 0.379. The molecule has 0 aliphatic carbocycles. The molecule has 0 radical (unpaired) electrons. The molecule has 1 aromatic carbocycles. The first-order valence-corrected chi connectivity index (χ1v) is 8.26. The molecule has 114 valence electrons. The van der Waals surface area contributed by atoms with Gasteiger partial charge in [0, 0.05) is 16.6 Å². The molecule has 2 aromatic rings. The molecular formula is C12H9F3NO3PS-2. The molecule has 0 aliphatic heterocycles.